The summed E-state index contributed by atoms with van der Waals surface area (Å²) < 4.78 is 4.01. The maximum absolute atomic E-state index is 4.09. The molecule has 1 aliphatic carbocycles. The van der Waals surface area contributed by atoms with E-state index in [1.807, 2.05) is 7.05 Å². The van der Waals surface area contributed by atoms with Gasteiger partial charge in [0.05, 0.1) is 10.6 Å². The average molecular weight is 211 g/mol. The molecule has 78 valence electrons. The normalized spacial score (nSPS) is 29.1. The van der Waals surface area contributed by atoms with Crippen molar-refractivity contribution in [1.29, 1.82) is 0 Å². The van der Waals surface area contributed by atoms with Crippen LogP contribution in [0.1, 0.15) is 30.3 Å². The van der Waals surface area contributed by atoms with Gasteiger partial charge in [-0.3, -0.25) is 0 Å². The molecule has 0 amide bonds. The van der Waals surface area contributed by atoms with Gasteiger partial charge < -0.3 is 5.32 Å². The van der Waals surface area contributed by atoms with Crippen molar-refractivity contribution < 1.29 is 0 Å². The molecule has 1 N–H and O–H groups in total. The number of aromatic nitrogens is 2. The van der Waals surface area contributed by atoms with Crippen LogP contribution in [0.15, 0.2) is 0 Å². The smallest absolute Gasteiger partial charge is 0.0759 e. The molecule has 2 rings (SSSR count). The summed E-state index contributed by atoms with van der Waals surface area (Å²) in [6.07, 6.45) is 0. The molecule has 3 nitrogen and oxygen atoms in total. The van der Waals surface area contributed by atoms with E-state index >= 15 is 0 Å². The molecule has 0 aliphatic heterocycles. The van der Waals surface area contributed by atoms with Gasteiger partial charge in [0.15, 0.2) is 0 Å². The van der Waals surface area contributed by atoms with Gasteiger partial charge in [0.1, 0.15) is 0 Å². The number of aryl methyl sites for hydroxylation is 1. The largest absolute Gasteiger partial charge is 0.319 e. The van der Waals surface area contributed by atoms with Crippen LogP contribution in [0.5, 0.6) is 0 Å². The highest BCUT2D eigenvalue weighted by Gasteiger charge is 2.58. The molecular weight excluding hydrogens is 194 g/mol. The summed E-state index contributed by atoms with van der Waals surface area (Å²) >= 11 is 1.56. The second-order valence-electron chi connectivity index (χ2n) is 4.69. The van der Waals surface area contributed by atoms with Crippen LogP contribution in [0.4, 0.5) is 0 Å². The molecule has 1 aromatic heterocycles. The molecular formula is C10H17N3S. The van der Waals surface area contributed by atoms with Crippen LogP contribution >= 0.6 is 11.5 Å². The Morgan fingerprint density at radius 3 is 2.71 bits per heavy atom. The number of rotatable bonds is 3. The Morgan fingerprint density at radius 2 is 2.21 bits per heavy atom. The lowest BCUT2D eigenvalue weighted by molar-refractivity contribution is 0.537. The van der Waals surface area contributed by atoms with Crippen molar-refractivity contribution >= 4 is 11.5 Å². The van der Waals surface area contributed by atoms with Crippen molar-refractivity contribution in [3.63, 3.8) is 0 Å². The first-order chi connectivity index (χ1) is 6.59. The Hall–Kier alpha value is -0.480. The van der Waals surface area contributed by atoms with Gasteiger partial charge in [-0.05, 0) is 43.4 Å². The second-order valence-corrected chi connectivity index (χ2v) is 5.47. The maximum Gasteiger partial charge on any atom is 0.0759 e. The Bertz CT molecular complexity index is 332. The zero-order chi connectivity index (χ0) is 10.3. The van der Waals surface area contributed by atoms with Crippen molar-refractivity contribution in [1.82, 2.24) is 14.9 Å². The monoisotopic (exact) mass is 211 g/mol. The van der Waals surface area contributed by atoms with Gasteiger partial charge in [0, 0.05) is 5.92 Å². The van der Waals surface area contributed by atoms with E-state index in [1.54, 1.807) is 11.5 Å². The number of nitrogens with one attached hydrogen (secondary N) is 1. The molecule has 1 heterocycles. The predicted molar refractivity (Wildman–Crippen MR) is 58.6 cm³/mol. The lowest BCUT2D eigenvalue weighted by Crippen LogP contribution is -2.12. The fourth-order valence-corrected chi connectivity index (χ4v) is 3.39. The first kappa shape index (κ1) is 10.1. The van der Waals surface area contributed by atoms with Gasteiger partial charge in [-0.1, -0.05) is 18.3 Å². The lowest BCUT2D eigenvalue weighted by Gasteiger charge is -2.00. The molecule has 0 spiro atoms. The van der Waals surface area contributed by atoms with Crippen molar-refractivity contribution in [2.75, 3.05) is 13.6 Å². The van der Waals surface area contributed by atoms with E-state index in [2.05, 4.69) is 35.7 Å². The molecule has 1 aliphatic rings. The van der Waals surface area contributed by atoms with E-state index in [4.69, 9.17) is 0 Å². The van der Waals surface area contributed by atoms with Gasteiger partial charge in [0.25, 0.3) is 0 Å². The predicted octanol–water partition coefficient (Wildman–Crippen LogP) is 1.81. The van der Waals surface area contributed by atoms with Gasteiger partial charge in [-0.25, -0.2) is 0 Å². The standard InChI is InChI=1S/C10H17N3S/c1-6-9(14-13-12-6)8-7(5-11-4)10(8,2)3/h7-8,11H,5H2,1-4H3. The molecule has 1 saturated carbocycles. The van der Waals surface area contributed by atoms with Crippen molar-refractivity contribution in [3.05, 3.63) is 10.6 Å². The van der Waals surface area contributed by atoms with Gasteiger partial charge in [-0.2, -0.15) is 0 Å². The summed E-state index contributed by atoms with van der Waals surface area (Å²) in [6, 6.07) is 0. The first-order valence-corrected chi connectivity index (χ1v) is 5.79. The first-order valence-electron chi connectivity index (χ1n) is 5.02. The molecule has 2 atom stereocenters. The topological polar surface area (TPSA) is 37.8 Å². The summed E-state index contributed by atoms with van der Waals surface area (Å²) in [5.41, 5.74) is 1.54. The third-order valence-electron chi connectivity index (χ3n) is 3.44. The summed E-state index contributed by atoms with van der Waals surface area (Å²) in [7, 11) is 2.02. The highest BCUT2D eigenvalue weighted by Crippen LogP contribution is 2.64. The summed E-state index contributed by atoms with van der Waals surface area (Å²) in [6.45, 7) is 7.82. The van der Waals surface area contributed by atoms with Crippen molar-refractivity contribution in [2.45, 2.75) is 26.7 Å². The van der Waals surface area contributed by atoms with Gasteiger partial charge in [0.2, 0.25) is 0 Å². The zero-order valence-electron chi connectivity index (χ0n) is 9.16. The van der Waals surface area contributed by atoms with Crippen molar-refractivity contribution in [3.8, 4) is 0 Å². The molecule has 1 aromatic rings. The van der Waals surface area contributed by atoms with Crippen LogP contribution in [0.2, 0.25) is 0 Å². The van der Waals surface area contributed by atoms with Crippen LogP contribution in [-0.4, -0.2) is 23.2 Å². The minimum absolute atomic E-state index is 0.419. The highest BCUT2D eigenvalue weighted by molar-refractivity contribution is 7.05. The van der Waals surface area contributed by atoms with E-state index < -0.39 is 0 Å². The van der Waals surface area contributed by atoms with Crippen LogP contribution in [-0.2, 0) is 0 Å². The summed E-state index contributed by atoms with van der Waals surface area (Å²) in [4.78, 5) is 1.38. The number of nitrogens with zero attached hydrogens (tertiary/aromatic N) is 2. The Kier molecular flexibility index (Phi) is 2.35. The SMILES string of the molecule is CNCC1C(c2snnc2C)C1(C)C. The molecule has 1 fully saturated rings. The Balaban J connectivity index is 2.18. The summed E-state index contributed by atoms with van der Waals surface area (Å²) in [5.74, 6) is 1.41. The highest BCUT2D eigenvalue weighted by atomic mass is 32.1. The number of hydrogen-bond acceptors (Lipinski definition) is 4. The maximum atomic E-state index is 4.09. The number of hydrogen-bond donors (Lipinski definition) is 1. The van der Waals surface area contributed by atoms with Crippen LogP contribution < -0.4 is 5.32 Å². The zero-order valence-corrected chi connectivity index (χ0v) is 9.98. The third kappa shape index (κ3) is 1.37. The molecule has 0 aromatic carbocycles. The minimum atomic E-state index is 0.419. The Labute approximate surface area is 89.1 Å². The van der Waals surface area contributed by atoms with E-state index in [0.29, 0.717) is 11.3 Å². The fourth-order valence-electron chi connectivity index (χ4n) is 2.39. The lowest BCUT2D eigenvalue weighted by atomic mass is 10.1. The quantitative estimate of drug-likeness (QED) is 0.828. The molecule has 0 radical (unpaired) electrons. The molecule has 4 heteroatoms. The second kappa shape index (κ2) is 3.28. The fraction of sp³-hybridized carbons (Fsp3) is 0.800. The van der Waals surface area contributed by atoms with E-state index in [0.717, 1.165) is 18.2 Å². The van der Waals surface area contributed by atoms with Crippen LogP contribution in [0, 0.1) is 18.3 Å². The van der Waals surface area contributed by atoms with Crippen LogP contribution in [0.25, 0.3) is 0 Å². The van der Waals surface area contributed by atoms with Gasteiger partial charge >= 0.3 is 0 Å². The summed E-state index contributed by atoms with van der Waals surface area (Å²) in [5, 5.41) is 7.35. The van der Waals surface area contributed by atoms with E-state index in [9.17, 15) is 0 Å². The third-order valence-corrected chi connectivity index (χ3v) is 4.35. The average Bonchev–Trinajstić information content (AvgIpc) is 2.46. The molecule has 14 heavy (non-hydrogen) atoms. The van der Waals surface area contributed by atoms with E-state index in [1.165, 1.54) is 4.88 Å². The van der Waals surface area contributed by atoms with E-state index in [-0.39, 0.29) is 0 Å². The van der Waals surface area contributed by atoms with Crippen LogP contribution in [0.3, 0.4) is 0 Å². The minimum Gasteiger partial charge on any atom is -0.319 e. The Morgan fingerprint density at radius 1 is 1.50 bits per heavy atom. The van der Waals surface area contributed by atoms with Crippen molar-refractivity contribution in [2.24, 2.45) is 11.3 Å². The van der Waals surface area contributed by atoms with Gasteiger partial charge in [-0.15, -0.1) is 5.10 Å². The molecule has 0 saturated heterocycles. The molecule has 2 unspecified atom stereocenters. The molecule has 0 bridgehead atoms.